The highest BCUT2D eigenvalue weighted by atomic mass is 79.9. The maximum absolute atomic E-state index is 12.7. The molecule has 0 aromatic heterocycles. The minimum absolute atomic E-state index is 0.0769. The number of rotatable bonds is 5. The van der Waals surface area contributed by atoms with Crippen LogP contribution >= 0.6 is 15.9 Å². The zero-order valence-corrected chi connectivity index (χ0v) is 16.7. The van der Waals surface area contributed by atoms with Gasteiger partial charge in [-0.15, -0.1) is 0 Å². The summed E-state index contributed by atoms with van der Waals surface area (Å²) in [5.74, 6) is 0.412. The molecule has 1 aliphatic rings. The lowest BCUT2D eigenvalue weighted by Crippen LogP contribution is -2.42. The van der Waals surface area contributed by atoms with Crippen LogP contribution in [0.3, 0.4) is 0 Å². The SMILES string of the molecule is Cc1ccc(/C=C/C(=O)N(CC(C)C)C2CCS(=O)(=O)C2)c(Br)c1. The molecule has 1 heterocycles. The Bertz CT molecular complexity index is 741. The van der Waals surface area contributed by atoms with Crippen LogP contribution in [-0.4, -0.2) is 43.3 Å². The van der Waals surface area contributed by atoms with Gasteiger partial charge in [0.15, 0.2) is 9.84 Å². The zero-order valence-electron chi connectivity index (χ0n) is 14.3. The lowest BCUT2D eigenvalue weighted by molar-refractivity contribution is -0.128. The van der Waals surface area contributed by atoms with Crippen molar-refractivity contribution in [3.05, 3.63) is 39.9 Å². The normalized spacial score (nSPS) is 20.0. The number of halogens is 1. The van der Waals surface area contributed by atoms with E-state index < -0.39 is 9.84 Å². The minimum Gasteiger partial charge on any atom is -0.335 e. The van der Waals surface area contributed by atoms with E-state index in [9.17, 15) is 13.2 Å². The van der Waals surface area contributed by atoms with E-state index in [2.05, 4.69) is 15.9 Å². The molecule has 0 N–H and O–H groups in total. The predicted octanol–water partition coefficient (Wildman–Crippen LogP) is 3.44. The molecule has 0 aliphatic carbocycles. The second-order valence-electron chi connectivity index (χ2n) is 6.80. The number of carbonyl (C=O) groups excluding carboxylic acids is 1. The summed E-state index contributed by atoms with van der Waals surface area (Å²) in [6.45, 7) is 6.64. The van der Waals surface area contributed by atoms with Crippen LogP contribution in [0.25, 0.3) is 6.08 Å². The number of benzene rings is 1. The van der Waals surface area contributed by atoms with E-state index in [1.54, 1.807) is 17.1 Å². The number of carbonyl (C=O) groups is 1. The van der Waals surface area contributed by atoms with E-state index in [0.29, 0.717) is 13.0 Å². The average Bonchev–Trinajstić information content (AvgIpc) is 2.83. The van der Waals surface area contributed by atoms with Crippen molar-refractivity contribution in [2.75, 3.05) is 18.1 Å². The summed E-state index contributed by atoms with van der Waals surface area (Å²) in [5.41, 5.74) is 2.07. The van der Waals surface area contributed by atoms with Crippen LogP contribution in [0, 0.1) is 12.8 Å². The smallest absolute Gasteiger partial charge is 0.246 e. The lowest BCUT2D eigenvalue weighted by atomic mass is 10.1. The van der Waals surface area contributed by atoms with E-state index >= 15 is 0 Å². The highest BCUT2D eigenvalue weighted by Gasteiger charge is 2.34. The molecule has 1 amide bonds. The van der Waals surface area contributed by atoms with Crippen molar-refractivity contribution in [2.45, 2.75) is 33.2 Å². The molecule has 0 radical (unpaired) electrons. The molecule has 0 saturated carbocycles. The van der Waals surface area contributed by atoms with Crippen molar-refractivity contribution in [2.24, 2.45) is 5.92 Å². The van der Waals surface area contributed by atoms with Gasteiger partial charge in [0.05, 0.1) is 11.5 Å². The summed E-state index contributed by atoms with van der Waals surface area (Å²) in [6.07, 6.45) is 3.86. The standard InChI is InChI=1S/C18H24BrNO3S/c1-13(2)11-20(16-8-9-24(22,23)12-16)18(21)7-6-15-5-4-14(3)10-17(15)19/h4-7,10,13,16H,8-9,11-12H2,1-3H3/b7-6+. The lowest BCUT2D eigenvalue weighted by Gasteiger charge is -2.28. The van der Waals surface area contributed by atoms with Crippen molar-refractivity contribution in [3.8, 4) is 0 Å². The van der Waals surface area contributed by atoms with Gasteiger partial charge in [-0.1, -0.05) is 41.9 Å². The van der Waals surface area contributed by atoms with E-state index in [-0.39, 0.29) is 29.4 Å². The molecule has 6 heteroatoms. The van der Waals surface area contributed by atoms with E-state index in [1.165, 1.54) is 0 Å². The van der Waals surface area contributed by atoms with Gasteiger partial charge in [-0.3, -0.25) is 4.79 Å². The number of hydrogen-bond acceptors (Lipinski definition) is 3. The quantitative estimate of drug-likeness (QED) is 0.694. The monoisotopic (exact) mass is 413 g/mol. The van der Waals surface area contributed by atoms with E-state index in [1.807, 2.05) is 39.0 Å². The second-order valence-corrected chi connectivity index (χ2v) is 9.88. The number of nitrogens with zero attached hydrogens (tertiary/aromatic N) is 1. The molecule has 1 atom stereocenters. The van der Waals surface area contributed by atoms with Crippen LogP contribution in [0.4, 0.5) is 0 Å². The summed E-state index contributed by atoms with van der Waals surface area (Å²) in [6, 6.07) is 5.73. The minimum atomic E-state index is -3.01. The van der Waals surface area contributed by atoms with Crippen LogP contribution < -0.4 is 0 Å². The van der Waals surface area contributed by atoms with Gasteiger partial charge in [0.1, 0.15) is 0 Å². The molecular formula is C18H24BrNO3S. The van der Waals surface area contributed by atoms with Crippen LogP contribution in [0.15, 0.2) is 28.7 Å². The molecular weight excluding hydrogens is 390 g/mol. The van der Waals surface area contributed by atoms with Crippen LogP contribution in [0.5, 0.6) is 0 Å². The van der Waals surface area contributed by atoms with Crippen molar-refractivity contribution in [1.82, 2.24) is 4.90 Å². The number of aryl methyl sites for hydroxylation is 1. The number of sulfone groups is 1. The molecule has 1 aromatic carbocycles. The molecule has 1 unspecified atom stereocenters. The van der Waals surface area contributed by atoms with Gasteiger partial charge in [-0.25, -0.2) is 8.42 Å². The summed E-state index contributed by atoms with van der Waals surface area (Å²) < 4.78 is 24.4. The predicted molar refractivity (Wildman–Crippen MR) is 102 cm³/mol. The van der Waals surface area contributed by atoms with E-state index in [4.69, 9.17) is 0 Å². The summed E-state index contributed by atoms with van der Waals surface area (Å²) >= 11 is 3.50. The summed E-state index contributed by atoms with van der Waals surface area (Å²) in [4.78, 5) is 14.4. The van der Waals surface area contributed by atoms with Gasteiger partial charge < -0.3 is 4.90 Å². The summed E-state index contributed by atoms with van der Waals surface area (Å²) in [5, 5.41) is 0. The fourth-order valence-electron chi connectivity index (χ4n) is 2.86. The molecule has 0 bridgehead atoms. The van der Waals surface area contributed by atoms with Gasteiger partial charge in [-0.05, 0) is 42.5 Å². The molecule has 1 saturated heterocycles. The zero-order chi connectivity index (χ0) is 17.9. The van der Waals surface area contributed by atoms with Gasteiger partial charge >= 0.3 is 0 Å². The molecule has 2 rings (SSSR count). The molecule has 0 spiro atoms. The molecule has 4 nitrogen and oxygen atoms in total. The first-order chi connectivity index (χ1) is 11.2. The topological polar surface area (TPSA) is 54.5 Å². The third kappa shape index (κ3) is 5.18. The average molecular weight is 414 g/mol. The largest absolute Gasteiger partial charge is 0.335 e. The number of hydrogen-bond donors (Lipinski definition) is 0. The third-order valence-corrected chi connectivity index (χ3v) is 6.49. The Morgan fingerprint density at radius 1 is 1.42 bits per heavy atom. The molecule has 132 valence electrons. The van der Waals surface area contributed by atoms with Crippen molar-refractivity contribution in [3.63, 3.8) is 0 Å². The maximum atomic E-state index is 12.7. The van der Waals surface area contributed by atoms with E-state index in [0.717, 1.165) is 15.6 Å². The van der Waals surface area contributed by atoms with Gasteiger partial charge in [0, 0.05) is 23.1 Å². The molecule has 1 aromatic rings. The molecule has 24 heavy (non-hydrogen) atoms. The maximum Gasteiger partial charge on any atom is 0.246 e. The fraction of sp³-hybridized carbons (Fsp3) is 0.500. The van der Waals surface area contributed by atoms with Crippen LogP contribution in [0.2, 0.25) is 0 Å². The van der Waals surface area contributed by atoms with Crippen molar-refractivity contribution >= 4 is 37.8 Å². The van der Waals surface area contributed by atoms with Gasteiger partial charge in [0.25, 0.3) is 0 Å². The highest BCUT2D eigenvalue weighted by molar-refractivity contribution is 9.10. The Morgan fingerprint density at radius 2 is 2.12 bits per heavy atom. The Hall–Kier alpha value is -1.14. The first-order valence-electron chi connectivity index (χ1n) is 8.13. The summed E-state index contributed by atoms with van der Waals surface area (Å²) in [7, 11) is -3.01. The fourth-order valence-corrected chi connectivity index (χ4v) is 5.21. The number of amides is 1. The van der Waals surface area contributed by atoms with Crippen molar-refractivity contribution in [1.29, 1.82) is 0 Å². The first-order valence-corrected chi connectivity index (χ1v) is 10.7. The molecule has 1 fully saturated rings. The third-order valence-electron chi connectivity index (χ3n) is 4.06. The Labute approximate surface area is 153 Å². The Kier molecular flexibility index (Phi) is 6.26. The second kappa shape index (κ2) is 7.83. The molecule has 1 aliphatic heterocycles. The van der Waals surface area contributed by atoms with Gasteiger partial charge in [0.2, 0.25) is 5.91 Å². The van der Waals surface area contributed by atoms with Crippen LogP contribution in [-0.2, 0) is 14.6 Å². The Balaban J connectivity index is 2.17. The van der Waals surface area contributed by atoms with Gasteiger partial charge in [-0.2, -0.15) is 0 Å². The Morgan fingerprint density at radius 3 is 2.67 bits per heavy atom. The van der Waals surface area contributed by atoms with Crippen LogP contribution in [0.1, 0.15) is 31.4 Å². The van der Waals surface area contributed by atoms with Crippen molar-refractivity contribution < 1.29 is 13.2 Å². The highest BCUT2D eigenvalue weighted by Crippen LogP contribution is 2.22. The first kappa shape index (κ1) is 19.2.